The highest BCUT2D eigenvalue weighted by atomic mass is 16.2. The van der Waals surface area contributed by atoms with E-state index in [9.17, 15) is 4.79 Å². The summed E-state index contributed by atoms with van der Waals surface area (Å²) in [6.07, 6.45) is 0. The predicted octanol–water partition coefficient (Wildman–Crippen LogP) is 5.07. The highest BCUT2D eigenvalue weighted by molar-refractivity contribution is 6.00. The molecule has 2 aromatic carbocycles. The van der Waals surface area contributed by atoms with Crippen LogP contribution in [0.1, 0.15) is 36.5 Å². The van der Waals surface area contributed by atoms with E-state index < -0.39 is 0 Å². The van der Waals surface area contributed by atoms with Gasteiger partial charge in [-0.2, -0.15) is 0 Å². The lowest BCUT2D eigenvalue weighted by molar-refractivity contribution is 0.262. The third-order valence-corrected chi connectivity index (χ3v) is 3.48. The maximum absolute atomic E-state index is 12.0. The largest absolute Gasteiger partial charge is 0.323 e. The fourth-order valence-electron chi connectivity index (χ4n) is 2.11. The molecule has 0 aliphatic heterocycles. The number of hydrogen-bond acceptors (Lipinski definition) is 1. The predicted molar refractivity (Wildman–Crippen MR) is 89.1 cm³/mol. The van der Waals surface area contributed by atoms with Crippen molar-refractivity contribution in [2.45, 2.75) is 33.6 Å². The number of carbonyl (C=O) groups excluding carboxylic acids is 1. The van der Waals surface area contributed by atoms with Gasteiger partial charge in [-0.25, -0.2) is 4.79 Å². The molecular weight excluding hydrogens is 260 g/mol. The van der Waals surface area contributed by atoms with Crippen LogP contribution in [0.15, 0.2) is 42.5 Å². The minimum atomic E-state index is -0.221. The van der Waals surface area contributed by atoms with Crippen molar-refractivity contribution in [1.29, 1.82) is 0 Å². The van der Waals surface area contributed by atoms with Crippen LogP contribution < -0.4 is 10.6 Å². The van der Waals surface area contributed by atoms with Crippen molar-refractivity contribution < 1.29 is 4.79 Å². The molecule has 0 unspecified atom stereocenters. The topological polar surface area (TPSA) is 41.1 Å². The Bertz CT molecular complexity index is 630. The number of carbonyl (C=O) groups is 1. The first-order valence-electron chi connectivity index (χ1n) is 7.21. The van der Waals surface area contributed by atoms with Gasteiger partial charge in [-0.15, -0.1) is 0 Å². The van der Waals surface area contributed by atoms with Crippen molar-refractivity contribution in [3.05, 3.63) is 59.2 Å². The molecule has 0 saturated heterocycles. The summed E-state index contributed by atoms with van der Waals surface area (Å²) in [7, 11) is 0. The molecule has 0 aromatic heterocycles. The molecule has 2 N–H and O–H groups in total. The van der Waals surface area contributed by atoms with E-state index in [2.05, 4.69) is 24.5 Å². The fourth-order valence-corrected chi connectivity index (χ4v) is 2.11. The van der Waals surface area contributed by atoms with Crippen molar-refractivity contribution in [3.63, 3.8) is 0 Å². The van der Waals surface area contributed by atoms with Gasteiger partial charge in [-0.1, -0.05) is 38.1 Å². The highest BCUT2D eigenvalue weighted by Crippen LogP contribution is 2.19. The quantitative estimate of drug-likeness (QED) is 0.810. The summed E-state index contributed by atoms with van der Waals surface area (Å²) in [6, 6.07) is 13.7. The van der Waals surface area contributed by atoms with Gasteiger partial charge in [-0.05, 0) is 54.7 Å². The average Bonchev–Trinajstić information content (AvgIpc) is 2.43. The summed E-state index contributed by atoms with van der Waals surface area (Å²) in [4.78, 5) is 12.0. The molecule has 0 aliphatic rings. The fraction of sp³-hybridized carbons (Fsp3) is 0.278. The van der Waals surface area contributed by atoms with Gasteiger partial charge in [0.25, 0.3) is 0 Å². The van der Waals surface area contributed by atoms with E-state index in [1.165, 1.54) is 5.56 Å². The van der Waals surface area contributed by atoms with Crippen molar-refractivity contribution in [1.82, 2.24) is 0 Å². The third-order valence-electron chi connectivity index (χ3n) is 3.48. The van der Waals surface area contributed by atoms with Crippen LogP contribution in [0.2, 0.25) is 0 Å². The number of amides is 2. The number of rotatable bonds is 3. The van der Waals surface area contributed by atoms with Crippen LogP contribution in [0.25, 0.3) is 0 Å². The van der Waals surface area contributed by atoms with Gasteiger partial charge in [-0.3, -0.25) is 0 Å². The van der Waals surface area contributed by atoms with Crippen molar-refractivity contribution in [3.8, 4) is 0 Å². The van der Waals surface area contributed by atoms with Gasteiger partial charge in [0.2, 0.25) is 0 Å². The number of aryl methyl sites for hydroxylation is 2. The summed E-state index contributed by atoms with van der Waals surface area (Å²) >= 11 is 0. The smallest absolute Gasteiger partial charge is 0.308 e. The van der Waals surface area contributed by atoms with Gasteiger partial charge >= 0.3 is 6.03 Å². The molecule has 0 saturated carbocycles. The van der Waals surface area contributed by atoms with Gasteiger partial charge in [0.1, 0.15) is 0 Å². The molecule has 2 amide bonds. The average molecular weight is 282 g/mol. The molecule has 3 nitrogen and oxygen atoms in total. The number of urea groups is 1. The Morgan fingerprint density at radius 3 is 2.24 bits per heavy atom. The van der Waals surface area contributed by atoms with E-state index in [0.717, 1.165) is 22.5 Å². The zero-order valence-corrected chi connectivity index (χ0v) is 13.0. The Hall–Kier alpha value is -2.29. The SMILES string of the molecule is Cc1ccc(C)c(NC(=O)Nc2ccc(C(C)C)cc2)c1. The summed E-state index contributed by atoms with van der Waals surface area (Å²) in [5.74, 6) is 0.489. The molecule has 0 atom stereocenters. The molecule has 2 rings (SSSR count). The van der Waals surface area contributed by atoms with Crippen LogP contribution in [0.5, 0.6) is 0 Å². The van der Waals surface area contributed by atoms with Crippen LogP contribution >= 0.6 is 0 Å². The van der Waals surface area contributed by atoms with Gasteiger partial charge in [0, 0.05) is 11.4 Å². The van der Waals surface area contributed by atoms with Crippen LogP contribution in [-0.2, 0) is 0 Å². The monoisotopic (exact) mass is 282 g/mol. The van der Waals surface area contributed by atoms with Gasteiger partial charge < -0.3 is 10.6 Å². The Labute approximate surface area is 126 Å². The molecule has 21 heavy (non-hydrogen) atoms. The third kappa shape index (κ3) is 4.09. The van der Waals surface area contributed by atoms with Gasteiger partial charge in [0.15, 0.2) is 0 Å². The minimum Gasteiger partial charge on any atom is -0.308 e. The van der Waals surface area contributed by atoms with Crippen LogP contribution in [0.4, 0.5) is 16.2 Å². The maximum Gasteiger partial charge on any atom is 0.323 e. The Balaban J connectivity index is 2.03. The standard InChI is InChI=1S/C18H22N2O/c1-12(2)15-7-9-16(10-8-15)19-18(21)20-17-11-13(3)5-6-14(17)4/h5-12H,1-4H3,(H2,19,20,21). The van der Waals surface area contributed by atoms with E-state index in [4.69, 9.17) is 0 Å². The molecule has 110 valence electrons. The Kier molecular flexibility index (Phi) is 4.63. The first-order chi connectivity index (χ1) is 9.95. The first-order valence-corrected chi connectivity index (χ1v) is 7.21. The molecule has 0 fully saturated rings. The lowest BCUT2D eigenvalue weighted by atomic mass is 10.0. The lowest BCUT2D eigenvalue weighted by Crippen LogP contribution is -2.20. The zero-order valence-electron chi connectivity index (χ0n) is 13.0. The maximum atomic E-state index is 12.0. The summed E-state index contributed by atoms with van der Waals surface area (Å²) in [5.41, 5.74) is 5.06. The Morgan fingerprint density at radius 1 is 0.952 bits per heavy atom. The van der Waals surface area contributed by atoms with E-state index in [0.29, 0.717) is 5.92 Å². The second kappa shape index (κ2) is 6.44. The molecule has 2 aromatic rings. The van der Waals surface area contributed by atoms with E-state index in [1.807, 2.05) is 56.3 Å². The molecule has 3 heteroatoms. The molecule has 0 heterocycles. The van der Waals surface area contributed by atoms with E-state index in [1.54, 1.807) is 0 Å². The zero-order chi connectivity index (χ0) is 15.4. The molecule has 0 bridgehead atoms. The number of anilines is 2. The Morgan fingerprint density at radius 2 is 1.62 bits per heavy atom. The lowest BCUT2D eigenvalue weighted by Gasteiger charge is -2.11. The highest BCUT2D eigenvalue weighted by Gasteiger charge is 2.06. The normalized spacial score (nSPS) is 10.5. The number of benzene rings is 2. The molecule has 0 spiro atoms. The second-order valence-electron chi connectivity index (χ2n) is 5.67. The summed E-state index contributed by atoms with van der Waals surface area (Å²) < 4.78 is 0. The van der Waals surface area contributed by atoms with Crippen molar-refractivity contribution in [2.75, 3.05) is 10.6 Å². The van der Waals surface area contributed by atoms with Gasteiger partial charge in [0.05, 0.1) is 0 Å². The molecule has 0 radical (unpaired) electrons. The second-order valence-corrected chi connectivity index (χ2v) is 5.67. The number of hydrogen-bond donors (Lipinski definition) is 2. The van der Waals surface area contributed by atoms with Crippen LogP contribution in [0.3, 0.4) is 0 Å². The van der Waals surface area contributed by atoms with E-state index in [-0.39, 0.29) is 6.03 Å². The van der Waals surface area contributed by atoms with Crippen LogP contribution in [0, 0.1) is 13.8 Å². The molecule has 0 aliphatic carbocycles. The number of nitrogens with one attached hydrogen (secondary N) is 2. The molecular formula is C18H22N2O. The summed E-state index contributed by atoms with van der Waals surface area (Å²) in [5, 5.41) is 5.74. The van der Waals surface area contributed by atoms with Crippen molar-refractivity contribution >= 4 is 17.4 Å². The summed E-state index contributed by atoms with van der Waals surface area (Å²) in [6.45, 7) is 8.28. The van der Waals surface area contributed by atoms with E-state index >= 15 is 0 Å². The first kappa shape index (κ1) is 15.1. The van der Waals surface area contributed by atoms with Crippen LogP contribution in [-0.4, -0.2) is 6.03 Å². The minimum absolute atomic E-state index is 0.221. The van der Waals surface area contributed by atoms with Crippen molar-refractivity contribution in [2.24, 2.45) is 0 Å².